The van der Waals surface area contributed by atoms with E-state index in [9.17, 15) is 13.2 Å². The van der Waals surface area contributed by atoms with Gasteiger partial charge in [0.05, 0.1) is 0 Å². The van der Waals surface area contributed by atoms with Gasteiger partial charge in [0.25, 0.3) is 0 Å². The van der Waals surface area contributed by atoms with Crippen molar-refractivity contribution in [2.75, 3.05) is 0 Å². The second-order valence-electron chi connectivity index (χ2n) is 4.16. The van der Waals surface area contributed by atoms with Crippen LogP contribution < -0.4 is 0 Å². The minimum atomic E-state index is -4.36. The summed E-state index contributed by atoms with van der Waals surface area (Å²) in [6, 6.07) is 3.97. The van der Waals surface area contributed by atoms with E-state index in [0.717, 1.165) is 6.07 Å². The minimum absolute atomic E-state index is 0.360. The van der Waals surface area contributed by atoms with Crippen LogP contribution in [-0.4, -0.2) is 4.98 Å². The standard InChI is InChI=1S/C10H12F3N.C2H6/c1-9(2,3)7-5-4-6-8(14-7)10(11,12)13;1-2/h4-6H,1-3H3;1-2H3. The Kier molecular flexibility index (Phi) is 4.97. The Morgan fingerprint density at radius 1 is 0.938 bits per heavy atom. The highest BCUT2D eigenvalue weighted by atomic mass is 19.4. The molecule has 0 bridgehead atoms. The predicted molar refractivity (Wildman–Crippen MR) is 59.3 cm³/mol. The molecule has 0 amide bonds. The van der Waals surface area contributed by atoms with Gasteiger partial charge in [0.2, 0.25) is 0 Å². The minimum Gasteiger partial charge on any atom is -0.248 e. The van der Waals surface area contributed by atoms with Gasteiger partial charge in [-0.25, -0.2) is 4.98 Å². The molecule has 92 valence electrons. The first-order chi connectivity index (χ1) is 7.21. The Morgan fingerprint density at radius 3 is 1.75 bits per heavy atom. The molecule has 1 aromatic rings. The Bertz CT molecular complexity index is 295. The van der Waals surface area contributed by atoms with Gasteiger partial charge in [0, 0.05) is 11.1 Å². The molecule has 0 fully saturated rings. The highest BCUT2D eigenvalue weighted by Crippen LogP contribution is 2.29. The summed E-state index contributed by atoms with van der Waals surface area (Å²) in [5, 5.41) is 0. The fraction of sp³-hybridized carbons (Fsp3) is 0.583. The number of rotatable bonds is 0. The lowest BCUT2D eigenvalue weighted by molar-refractivity contribution is -0.141. The number of halogens is 3. The molecule has 0 saturated carbocycles. The Balaban J connectivity index is 0.00000106. The van der Waals surface area contributed by atoms with Crippen molar-refractivity contribution in [3.05, 3.63) is 29.6 Å². The molecule has 1 rings (SSSR count). The van der Waals surface area contributed by atoms with E-state index in [2.05, 4.69) is 4.98 Å². The van der Waals surface area contributed by atoms with Crippen LogP contribution in [-0.2, 0) is 11.6 Å². The zero-order chi connectivity index (χ0) is 13.0. The van der Waals surface area contributed by atoms with Crippen LogP contribution in [0.15, 0.2) is 18.2 Å². The third-order valence-electron chi connectivity index (χ3n) is 1.81. The molecule has 0 aliphatic heterocycles. The van der Waals surface area contributed by atoms with Gasteiger partial charge in [-0.1, -0.05) is 40.7 Å². The molecule has 1 aromatic heterocycles. The van der Waals surface area contributed by atoms with Gasteiger partial charge in [-0.3, -0.25) is 0 Å². The van der Waals surface area contributed by atoms with E-state index in [0.29, 0.717) is 5.69 Å². The number of hydrogen-bond acceptors (Lipinski definition) is 1. The molecule has 0 saturated heterocycles. The third-order valence-corrected chi connectivity index (χ3v) is 1.81. The Labute approximate surface area is 94.7 Å². The Hall–Kier alpha value is -1.06. The van der Waals surface area contributed by atoms with E-state index < -0.39 is 11.9 Å². The van der Waals surface area contributed by atoms with Crippen molar-refractivity contribution in [2.45, 2.75) is 46.2 Å². The van der Waals surface area contributed by atoms with Gasteiger partial charge < -0.3 is 0 Å². The van der Waals surface area contributed by atoms with Gasteiger partial charge in [-0.15, -0.1) is 0 Å². The van der Waals surface area contributed by atoms with Crippen LogP contribution in [0.5, 0.6) is 0 Å². The molecule has 1 heterocycles. The molecule has 0 atom stereocenters. The molecule has 1 nitrogen and oxygen atoms in total. The van der Waals surface area contributed by atoms with E-state index in [1.165, 1.54) is 6.07 Å². The fourth-order valence-corrected chi connectivity index (χ4v) is 1.01. The van der Waals surface area contributed by atoms with Crippen LogP contribution in [0.1, 0.15) is 46.0 Å². The highest BCUT2D eigenvalue weighted by Gasteiger charge is 2.33. The first-order valence-corrected chi connectivity index (χ1v) is 5.26. The van der Waals surface area contributed by atoms with Gasteiger partial charge in [0.15, 0.2) is 0 Å². The second kappa shape index (κ2) is 5.32. The maximum absolute atomic E-state index is 12.3. The average Bonchev–Trinajstić information content (AvgIpc) is 2.18. The summed E-state index contributed by atoms with van der Waals surface area (Å²) >= 11 is 0. The van der Waals surface area contributed by atoms with Gasteiger partial charge >= 0.3 is 6.18 Å². The molecule has 4 heteroatoms. The summed E-state index contributed by atoms with van der Waals surface area (Å²) in [6.07, 6.45) is -4.36. The topological polar surface area (TPSA) is 12.9 Å². The van der Waals surface area contributed by atoms with Crippen molar-refractivity contribution < 1.29 is 13.2 Å². The van der Waals surface area contributed by atoms with Crippen molar-refractivity contribution in [3.8, 4) is 0 Å². The summed E-state index contributed by atoms with van der Waals surface area (Å²) in [5.41, 5.74) is -0.737. The van der Waals surface area contributed by atoms with Crippen LogP contribution in [0.2, 0.25) is 0 Å². The maximum atomic E-state index is 12.3. The summed E-state index contributed by atoms with van der Waals surface area (Å²) in [6.45, 7) is 9.49. The molecule has 0 aliphatic carbocycles. The predicted octanol–water partition coefficient (Wildman–Crippen LogP) is 4.42. The van der Waals surface area contributed by atoms with Crippen molar-refractivity contribution >= 4 is 0 Å². The normalized spacial score (nSPS) is 11.8. The van der Waals surface area contributed by atoms with Gasteiger partial charge in [-0.2, -0.15) is 13.2 Å². The number of nitrogens with zero attached hydrogens (tertiary/aromatic N) is 1. The summed E-state index contributed by atoms with van der Waals surface area (Å²) in [7, 11) is 0. The van der Waals surface area contributed by atoms with Crippen molar-refractivity contribution in [3.63, 3.8) is 0 Å². The highest BCUT2D eigenvalue weighted by molar-refractivity contribution is 5.18. The van der Waals surface area contributed by atoms with Crippen molar-refractivity contribution in [2.24, 2.45) is 0 Å². The molecule has 0 N–H and O–H groups in total. The third kappa shape index (κ3) is 4.21. The Morgan fingerprint density at radius 2 is 1.38 bits per heavy atom. The number of alkyl halides is 3. The smallest absolute Gasteiger partial charge is 0.248 e. The first-order valence-electron chi connectivity index (χ1n) is 5.26. The van der Waals surface area contributed by atoms with Crippen molar-refractivity contribution in [1.82, 2.24) is 4.98 Å². The molecule has 0 spiro atoms. The van der Waals surface area contributed by atoms with E-state index in [-0.39, 0.29) is 5.41 Å². The van der Waals surface area contributed by atoms with E-state index in [1.807, 2.05) is 34.6 Å². The zero-order valence-corrected chi connectivity index (χ0v) is 10.3. The maximum Gasteiger partial charge on any atom is 0.433 e. The number of pyridine rings is 1. The molecule has 0 aliphatic rings. The summed E-state index contributed by atoms with van der Waals surface area (Å²) < 4.78 is 36.9. The molecular formula is C12H18F3N. The average molecular weight is 233 g/mol. The number of hydrogen-bond donors (Lipinski definition) is 0. The largest absolute Gasteiger partial charge is 0.433 e. The van der Waals surface area contributed by atoms with Crippen LogP contribution in [0.4, 0.5) is 13.2 Å². The molecule has 0 aromatic carbocycles. The van der Waals surface area contributed by atoms with Crippen LogP contribution >= 0.6 is 0 Å². The molecule has 16 heavy (non-hydrogen) atoms. The van der Waals surface area contributed by atoms with E-state index >= 15 is 0 Å². The van der Waals surface area contributed by atoms with Crippen LogP contribution in [0.3, 0.4) is 0 Å². The van der Waals surface area contributed by atoms with Crippen LogP contribution in [0.25, 0.3) is 0 Å². The van der Waals surface area contributed by atoms with Crippen LogP contribution in [0, 0.1) is 0 Å². The SMILES string of the molecule is CC.CC(C)(C)c1cccc(C(F)(F)F)n1. The summed E-state index contributed by atoms with van der Waals surface area (Å²) in [5.74, 6) is 0. The zero-order valence-electron chi connectivity index (χ0n) is 10.3. The lowest BCUT2D eigenvalue weighted by Crippen LogP contribution is -2.17. The van der Waals surface area contributed by atoms with Crippen molar-refractivity contribution in [1.29, 1.82) is 0 Å². The number of aromatic nitrogens is 1. The monoisotopic (exact) mass is 233 g/mol. The lowest BCUT2D eigenvalue weighted by atomic mass is 9.91. The molecule has 0 unspecified atom stereocenters. The van der Waals surface area contributed by atoms with Gasteiger partial charge in [0.1, 0.15) is 5.69 Å². The lowest BCUT2D eigenvalue weighted by Gasteiger charge is -2.18. The first kappa shape index (κ1) is 14.9. The summed E-state index contributed by atoms with van der Waals surface area (Å²) in [4.78, 5) is 3.59. The molecule has 0 radical (unpaired) electrons. The molecular weight excluding hydrogens is 215 g/mol. The van der Waals surface area contributed by atoms with E-state index in [1.54, 1.807) is 6.07 Å². The fourth-order valence-electron chi connectivity index (χ4n) is 1.01. The quantitative estimate of drug-likeness (QED) is 0.646. The second-order valence-corrected chi connectivity index (χ2v) is 4.16. The van der Waals surface area contributed by atoms with Gasteiger partial charge in [-0.05, 0) is 12.1 Å². The van der Waals surface area contributed by atoms with E-state index in [4.69, 9.17) is 0 Å².